The van der Waals surface area contributed by atoms with Gasteiger partial charge in [-0.15, -0.1) is 0 Å². The van der Waals surface area contributed by atoms with Gasteiger partial charge in [-0.2, -0.15) is 5.26 Å². The number of rotatable bonds is 3. The lowest BCUT2D eigenvalue weighted by Gasteiger charge is -2.12. The third-order valence-corrected chi connectivity index (χ3v) is 3.68. The summed E-state index contributed by atoms with van der Waals surface area (Å²) in [5.41, 5.74) is 1.30. The Morgan fingerprint density at radius 3 is 2.81 bits per heavy atom. The van der Waals surface area contributed by atoms with Crippen molar-refractivity contribution in [2.24, 2.45) is 11.8 Å². The Labute approximate surface area is 123 Å². The predicted octanol–water partition coefficient (Wildman–Crippen LogP) is 1.75. The molecule has 1 fully saturated rings. The molecule has 1 aliphatic heterocycles. The Kier molecular flexibility index (Phi) is 4.39. The van der Waals surface area contributed by atoms with E-state index in [-0.39, 0.29) is 18.4 Å². The fraction of sp³-hybridized carbons (Fsp3) is 0.312. The molecule has 1 aliphatic rings. The van der Waals surface area contributed by atoms with Gasteiger partial charge in [-0.1, -0.05) is 19.1 Å². The predicted molar refractivity (Wildman–Crippen MR) is 77.1 cm³/mol. The lowest BCUT2D eigenvalue weighted by atomic mass is 9.99. The van der Waals surface area contributed by atoms with E-state index in [0.29, 0.717) is 12.1 Å². The molecule has 0 saturated carbocycles. The molecule has 1 aromatic rings. The van der Waals surface area contributed by atoms with Gasteiger partial charge >= 0.3 is 5.97 Å². The van der Waals surface area contributed by atoms with Crippen molar-refractivity contribution in [3.05, 3.63) is 41.5 Å². The SMILES string of the molecule is C[C@@H]1CN(C(=O)/C=C/c2cccc(C#N)c2)C[C@H]1C(=O)O. The monoisotopic (exact) mass is 284 g/mol. The van der Waals surface area contributed by atoms with Crippen LogP contribution in [0, 0.1) is 23.2 Å². The van der Waals surface area contributed by atoms with Gasteiger partial charge in [0.05, 0.1) is 17.6 Å². The lowest BCUT2D eigenvalue weighted by molar-refractivity contribution is -0.142. The van der Waals surface area contributed by atoms with Crippen LogP contribution in [0.5, 0.6) is 0 Å². The molecule has 21 heavy (non-hydrogen) atoms. The highest BCUT2D eigenvalue weighted by Crippen LogP contribution is 2.23. The van der Waals surface area contributed by atoms with E-state index >= 15 is 0 Å². The van der Waals surface area contributed by atoms with E-state index in [1.54, 1.807) is 35.2 Å². The van der Waals surface area contributed by atoms with Crippen molar-refractivity contribution in [2.75, 3.05) is 13.1 Å². The van der Waals surface area contributed by atoms with Crippen LogP contribution >= 0.6 is 0 Å². The number of carboxylic acids is 1. The molecule has 5 heteroatoms. The number of nitrogens with zero attached hydrogens (tertiary/aromatic N) is 2. The average Bonchev–Trinajstić information content (AvgIpc) is 2.87. The van der Waals surface area contributed by atoms with Gasteiger partial charge in [-0.05, 0) is 29.7 Å². The van der Waals surface area contributed by atoms with Gasteiger partial charge in [0.25, 0.3) is 0 Å². The van der Waals surface area contributed by atoms with Gasteiger partial charge in [0.15, 0.2) is 0 Å². The van der Waals surface area contributed by atoms with Crippen LogP contribution in [-0.2, 0) is 9.59 Å². The summed E-state index contributed by atoms with van der Waals surface area (Å²) in [6, 6.07) is 8.98. The second-order valence-corrected chi connectivity index (χ2v) is 5.24. The summed E-state index contributed by atoms with van der Waals surface area (Å²) in [5, 5.41) is 17.9. The summed E-state index contributed by atoms with van der Waals surface area (Å²) < 4.78 is 0. The van der Waals surface area contributed by atoms with Crippen LogP contribution in [0.1, 0.15) is 18.1 Å². The first-order valence-corrected chi connectivity index (χ1v) is 6.71. The molecule has 0 aliphatic carbocycles. The number of hydrogen-bond acceptors (Lipinski definition) is 3. The van der Waals surface area contributed by atoms with E-state index in [0.717, 1.165) is 5.56 Å². The highest BCUT2D eigenvalue weighted by atomic mass is 16.4. The molecule has 1 aromatic carbocycles. The molecule has 2 atom stereocenters. The summed E-state index contributed by atoms with van der Waals surface area (Å²) in [4.78, 5) is 24.7. The van der Waals surface area contributed by atoms with Crippen LogP contribution in [0.3, 0.4) is 0 Å². The summed E-state index contributed by atoms with van der Waals surface area (Å²) in [7, 11) is 0. The number of nitriles is 1. The number of amides is 1. The van der Waals surface area contributed by atoms with E-state index < -0.39 is 11.9 Å². The van der Waals surface area contributed by atoms with Gasteiger partial charge in [0.2, 0.25) is 5.91 Å². The Bertz CT molecular complexity index is 631. The minimum atomic E-state index is -0.858. The summed E-state index contributed by atoms with van der Waals surface area (Å²) in [6.45, 7) is 2.54. The Balaban J connectivity index is 2.03. The molecule has 1 amide bonds. The zero-order valence-corrected chi connectivity index (χ0v) is 11.7. The number of aliphatic carboxylic acids is 1. The van der Waals surface area contributed by atoms with Crippen molar-refractivity contribution < 1.29 is 14.7 Å². The molecule has 0 unspecified atom stereocenters. The minimum absolute atomic E-state index is 0.0400. The fourth-order valence-corrected chi connectivity index (χ4v) is 2.45. The van der Waals surface area contributed by atoms with E-state index in [1.165, 1.54) is 6.08 Å². The normalized spacial score (nSPS) is 21.4. The Morgan fingerprint density at radius 1 is 1.43 bits per heavy atom. The van der Waals surface area contributed by atoms with Gasteiger partial charge in [-0.3, -0.25) is 9.59 Å². The zero-order valence-electron chi connectivity index (χ0n) is 11.7. The van der Waals surface area contributed by atoms with E-state index in [9.17, 15) is 9.59 Å². The molecule has 0 bridgehead atoms. The average molecular weight is 284 g/mol. The number of carbonyl (C=O) groups is 2. The number of carboxylic acid groups (broad SMARTS) is 1. The van der Waals surface area contributed by atoms with E-state index in [2.05, 4.69) is 0 Å². The smallest absolute Gasteiger partial charge is 0.308 e. The minimum Gasteiger partial charge on any atom is -0.481 e. The first kappa shape index (κ1) is 14.8. The molecule has 0 aromatic heterocycles. The molecular formula is C16H16N2O3. The second kappa shape index (κ2) is 6.23. The molecule has 1 N–H and O–H groups in total. The number of likely N-dealkylation sites (tertiary alicyclic amines) is 1. The maximum Gasteiger partial charge on any atom is 0.308 e. The van der Waals surface area contributed by atoms with Crippen molar-refractivity contribution in [3.8, 4) is 6.07 Å². The Hall–Kier alpha value is -2.61. The molecule has 2 rings (SSSR count). The molecule has 1 saturated heterocycles. The van der Waals surface area contributed by atoms with Gasteiger partial charge in [-0.25, -0.2) is 0 Å². The van der Waals surface area contributed by atoms with E-state index in [4.69, 9.17) is 10.4 Å². The highest BCUT2D eigenvalue weighted by Gasteiger charge is 2.36. The largest absolute Gasteiger partial charge is 0.481 e. The van der Waals surface area contributed by atoms with Crippen LogP contribution in [0.4, 0.5) is 0 Å². The maximum atomic E-state index is 12.1. The van der Waals surface area contributed by atoms with Crippen molar-refractivity contribution in [1.29, 1.82) is 5.26 Å². The van der Waals surface area contributed by atoms with Crippen LogP contribution in [-0.4, -0.2) is 35.0 Å². The molecule has 1 heterocycles. The van der Waals surface area contributed by atoms with Gasteiger partial charge in [0.1, 0.15) is 0 Å². The van der Waals surface area contributed by atoms with Crippen molar-refractivity contribution in [1.82, 2.24) is 4.90 Å². The number of carbonyl (C=O) groups excluding carboxylic acids is 1. The molecule has 0 spiro atoms. The summed E-state index contributed by atoms with van der Waals surface area (Å²) >= 11 is 0. The van der Waals surface area contributed by atoms with Gasteiger partial charge < -0.3 is 10.0 Å². The summed E-state index contributed by atoms with van der Waals surface area (Å²) in [5.74, 6) is -1.59. The van der Waals surface area contributed by atoms with Gasteiger partial charge in [0, 0.05) is 19.2 Å². The topological polar surface area (TPSA) is 81.4 Å². The van der Waals surface area contributed by atoms with Crippen LogP contribution in [0.25, 0.3) is 6.08 Å². The molecular weight excluding hydrogens is 268 g/mol. The summed E-state index contributed by atoms with van der Waals surface area (Å²) in [6.07, 6.45) is 3.06. The number of benzene rings is 1. The third-order valence-electron chi connectivity index (χ3n) is 3.68. The van der Waals surface area contributed by atoms with Crippen LogP contribution in [0.2, 0.25) is 0 Å². The van der Waals surface area contributed by atoms with Crippen molar-refractivity contribution >= 4 is 18.0 Å². The zero-order chi connectivity index (χ0) is 15.4. The van der Waals surface area contributed by atoms with Crippen LogP contribution in [0.15, 0.2) is 30.3 Å². The second-order valence-electron chi connectivity index (χ2n) is 5.24. The fourth-order valence-electron chi connectivity index (χ4n) is 2.45. The first-order valence-electron chi connectivity index (χ1n) is 6.71. The van der Waals surface area contributed by atoms with E-state index in [1.807, 2.05) is 13.0 Å². The lowest BCUT2D eigenvalue weighted by Crippen LogP contribution is -2.28. The Morgan fingerprint density at radius 2 is 2.19 bits per heavy atom. The third kappa shape index (κ3) is 3.48. The maximum absolute atomic E-state index is 12.1. The molecule has 5 nitrogen and oxygen atoms in total. The van der Waals surface area contributed by atoms with Crippen molar-refractivity contribution in [2.45, 2.75) is 6.92 Å². The van der Waals surface area contributed by atoms with Crippen molar-refractivity contribution in [3.63, 3.8) is 0 Å². The quantitative estimate of drug-likeness (QED) is 0.857. The highest BCUT2D eigenvalue weighted by molar-refractivity contribution is 5.92. The number of hydrogen-bond donors (Lipinski definition) is 1. The van der Waals surface area contributed by atoms with Crippen LogP contribution < -0.4 is 0 Å². The molecule has 108 valence electrons. The first-order chi connectivity index (χ1) is 10.0. The standard InChI is InChI=1S/C16H16N2O3/c1-11-9-18(10-14(11)16(20)21)15(19)6-5-12-3-2-4-13(7-12)8-17/h2-7,11,14H,9-10H2,1H3,(H,20,21)/b6-5+/t11-,14-/m1/s1. The molecule has 0 radical (unpaired) electrons.